The number of fused-ring (bicyclic) bond motifs is 1. The van der Waals surface area contributed by atoms with Gasteiger partial charge < -0.3 is 9.80 Å². The van der Waals surface area contributed by atoms with E-state index in [0.29, 0.717) is 37.4 Å². The summed E-state index contributed by atoms with van der Waals surface area (Å²) in [5.74, 6) is -0.0603. The molecular weight excluding hydrogens is 369 g/mol. The molecule has 3 aromatic rings. The van der Waals surface area contributed by atoms with Crippen molar-refractivity contribution in [2.45, 2.75) is 4.90 Å². The summed E-state index contributed by atoms with van der Waals surface area (Å²) in [5, 5.41) is 13.9. The molecule has 2 heterocycles. The first-order valence-corrected chi connectivity index (χ1v) is 9.83. The monoisotopic (exact) mass is 385 g/mol. The highest BCUT2D eigenvalue weighted by Crippen LogP contribution is 2.30. The van der Waals surface area contributed by atoms with Gasteiger partial charge in [-0.1, -0.05) is 18.2 Å². The summed E-state index contributed by atoms with van der Waals surface area (Å²) in [6, 6.07) is 11.9. The van der Waals surface area contributed by atoms with Crippen molar-refractivity contribution in [1.82, 2.24) is 14.1 Å². The van der Waals surface area contributed by atoms with Crippen LogP contribution in [0.3, 0.4) is 0 Å². The first kappa shape index (κ1) is 17.3. The van der Waals surface area contributed by atoms with E-state index in [2.05, 4.69) is 11.3 Å². The normalized spacial score (nSPS) is 15.1. The Kier molecular flexibility index (Phi) is 4.20. The van der Waals surface area contributed by atoms with Crippen molar-refractivity contribution >= 4 is 26.7 Å². The molecule has 4 rings (SSSR count). The Labute approximate surface area is 155 Å². The van der Waals surface area contributed by atoms with E-state index in [1.165, 1.54) is 24.3 Å². The van der Waals surface area contributed by atoms with Crippen LogP contribution in [0.15, 0.2) is 53.4 Å². The maximum atomic E-state index is 13.9. The van der Waals surface area contributed by atoms with Crippen molar-refractivity contribution in [1.29, 1.82) is 5.26 Å². The molecule has 0 bridgehead atoms. The first-order chi connectivity index (χ1) is 13.0. The number of halogens is 1. The van der Waals surface area contributed by atoms with Gasteiger partial charge in [0.2, 0.25) is 0 Å². The minimum Gasteiger partial charge on any atom is -0.351 e. The highest BCUT2D eigenvalue weighted by Gasteiger charge is 2.27. The SMILES string of the molecule is N#CN1CCN(c2nn(S(=O)(=O)c3ccccc3)c3cc(F)ccc23)CC1. The lowest BCUT2D eigenvalue weighted by atomic mass is 10.2. The smallest absolute Gasteiger partial charge is 0.283 e. The van der Waals surface area contributed by atoms with Gasteiger partial charge in [0.1, 0.15) is 5.82 Å². The Morgan fingerprint density at radius 3 is 2.41 bits per heavy atom. The van der Waals surface area contributed by atoms with Crippen LogP contribution in [0.1, 0.15) is 0 Å². The Bertz CT molecular complexity index is 1130. The highest BCUT2D eigenvalue weighted by molar-refractivity contribution is 7.90. The first-order valence-electron chi connectivity index (χ1n) is 8.39. The van der Waals surface area contributed by atoms with Crippen LogP contribution in [-0.2, 0) is 10.0 Å². The minimum atomic E-state index is -3.97. The maximum absolute atomic E-state index is 13.9. The lowest BCUT2D eigenvalue weighted by Crippen LogP contribution is -2.44. The third kappa shape index (κ3) is 2.98. The van der Waals surface area contributed by atoms with E-state index in [-0.39, 0.29) is 10.4 Å². The van der Waals surface area contributed by atoms with Crippen molar-refractivity contribution in [3.05, 3.63) is 54.3 Å². The molecule has 0 N–H and O–H groups in total. The van der Waals surface area contributed by atoms with Crippen LogP contribution in [0.25, 0.3) is 10.9 Å². The molecule has 0 saturated carbocycles. The van der Waals surface area contributed by atoms with Gasteiger partial charge in [0.15, 0.2) is 12.0 Å². The zero-order valence-corrected chi connectivity index (χ0v) is 15.1. The third-order valence-corrected chi connectivity index (χ3v) is 6.18. The van der Waals surface area contributed by atoms with Gasteiger partial charge in [0, 0.05) is 37.6 Å². The third-order valence-electron chi connectivity index (χ3n) is 4.58. The topological polar surface area (TPSA) is 82.2 Å². The largest absolute Gasteiger partial charge is 0.351 e. The fraction of sp³-hybridized carbons (Fsp3) is 0.222. The lowest BCUT2D eigenvalue weighted by molar-refractivity contribution is 0.362. The average Bonchev–Trinajstić information content (AvgIpc) is 3.08. The molecule has 0 amide bonds. The summed E-state index contributed by atoms with van der Waals surface area (Å²) in [7, 11) is -3.97. The molecule has 0 atom stereocenters. The number of nitrogens with zero attached hydrogens (tertiary/aromatic N) is 5. The van der Waals surface area contributed by atoms with Gasteiger partial charge in [-0.05, 0) is 24.3 Å². The van der Waals surface area contributed by atoms with Crippen LogP contribution in [0.5, 0.6) is 0 Å². The number of piperazine rings is 1. The fourth-order valence-electron chi connectivity index (χ4n) is 3.17. The molecule has 0 radical (unpaired) electrons. The average molecular weight is 385 g/mol. The summed E-state index contributed by atoms with van der Waals surface area (Å²) in [4.78, 5) is 3.64. The molecular formula is C18H16FN5O2S. The van der Waals surface area contributed by atoms with Crippen LogP contribution in [-0.4, -0.2) is 48.7 Å². The van der Waals surface area contributed by atoms with Crippen LogP contribution in [0.4, 0.5) is 10.2 Å². The summed E-state index contributed by atoms with van der Waals surface area (Å²) in [6.45, 7) is 2.11. The predicted octanol–water partition coefficient (Wildman–Crippen LogP) is 2.02. The Morgan fingerprint density at radius 1 is 1.04 bits per heavy atom. The number of anilines is 1. The second-order valence-electron chi connectivity index (χ2n) is 6.22. The number of nitriles is 1. The van der Waals surface area contributed by atoms with E-state index >= 15 is 0 Å². The summed E-state index contributed by atoms with van der Waals surface area (Å²) in [6.07, 6.45) is 2.11. The lowest BCUT2D eigenvalue weighted by Gasteiger charge is -2.31. The van der Waals surface area contributed by atoms with Crippen molar-refractivity contribution in [2.24, 2.45) is 0 Å². The van der Waals surface area contributed by atoms with Crippen molar-refractivity contribution in [3.8, 4) is 6.19 Å². The van der Waals surface area contributed by atoms with E-state index in [9.17, 15) is 12.8 Å². The molecule has 1 aliphatic heterocycles. The van der Waals surface area contributed by atoms with Crippen molar-refractivity contribution < 1.29 is 12.8 Å². The molecule has 9 heteroatoms. The molecule has 7 nitrogen and oxygen atoms in total. The van der Waals surface area contributed by atoms with Crippen LogP contribution in [0, 0.1) is 17.3 Å². The molecule has 0 aliphatic carbocycles. The molecule has 138 valence electrons. The van der Waals surface area contributed by atoms with E-state index in [1.54, 1.807) is 29.2 Å². The van der Waals surface area contributed by atoms with E-state index < -0.39 is 15.8 Å². The molecule has 1 saturated heterocycles. The van der Waals surface area contributed by atoms with E-state index in [0.717, 1.165) is 4.09 Å². The molecule has 2 aromatic carbocycles. The van der Waals surface area contributed by atoms with Gasteiger partial charge in [-0.3, -0.25) is 0 Å². The second-order valence-corrected chi connectivity index (χ2v) is 7.99. The number of hydrogen-bond acceptors (Lipinski definition) is 6. The molecule has 27 heavy (non-hydrogen) atoms. The van der Waals surface area contributed by atoms with E-state index in [1.807, 2.05) is 4.90 Å². The van der Waals surface area contributed by atoms with Gasteiger partial charge in [0.05, 0.1) is 10.4 Å². The number of benzene rings is 2. The van der Waals surface area contributed by atoms with Crippen LogP contribution >= 0.6 is 0 Å². The van der Waals surface area contributed by atoms with E-state index in [4.69, 9.17) is 5.26 Å². The Hall–Kier alpha value is -3.12. The van der Waals surface area contributed by atoms with Gasteiger partial charge in [-0.15, -0.1) is 5.10 Å². The number of rotatable bonds is 3. The molecule has 1 fully saturated rings. The zero-order valence-electron chi connectivity index (χ0n) is 14.3. The summed E-state index contributed by atoms with van der Waals surface area (Å²) in [5.41, 5.74) is 0.191. The summed E-state index contributed by atoms with van der Waals surface area (Å²) >= 11 is 0. The van der Waals surface area contributed by atoms with Crippen molar-refractivity contribution in [3.63, 3.8) is 0 Å². The molecule has 0 unspecified atom stereocenters. The van der Waals surface area contributed by atoms with Gasteiger partial charge >= 0.3 is 0 Å². The molecule has 1 aliphatic rings. The minimum absolute atomic E-state index is 0.0829. The molecule has 1 aromatic heterocycles. The number of hydrogen-bond donors (Lipinski definition) is 0. The number of aromatic nitrogens is 2. The van der Waals surface area contributed by atoms with Gasteiger partial charge in [0.25, 0.3) is 10.0 Å². The van der Waals surface area contributed by atoms with Crippen molar-refractivity contribution in [2.75, 3.05) is 31.1 Å². The standard InChI is InChI=1S/C18H16FN5O2S/c19-14-6-7-16-17(12-14)24(27(25,26)15-4-2-1-3-5-15)21-18(16)23-10-8-22(13-20)9-11-23/h1-7,12H,8-11H2. The van der Waals surface area contributed by atoms with Crippen LogP contribution in [0.2, 0.25) is 0 Å². The second kappa shape index (κ2) is 6.55. The Morgan fingerprint density at radius 2 is 1.74 bits per heavy atom. The summed E-state index contributed by atoms with van der Waals surface area (Å²) < 4.78 is 40.9. The quantitative estimate of drug-likeness (QED) is 0.642. The predicted molar refractivity (Wildman–Crippen MR) is 98.1 cm³/mol. The fourth-order valence-corrected chi connectivity index (χ4v) is 4.47. The van der Waals surface area contributed by atoms with Gasteiger partial charge in [-0.25, -0.2) is 4.39 Å². The van der Waals surface area contributed by atoms with Crippen LogP contribution < -0.4 is 4.90 Å². The van der Waals surface area contributed by atoms with Gasteiger partial charge in [-0.2, -0.15) is 17.8 Å². The molecule has 0 spiro atoms. The zero-order chi connectivity index (χ0) is 19.0. The Balaban J connectivity index is 1.85. The maximum Gasteiger partial charge on any atom is 0.283 e. The highest BCUT2D eigenvalue weighted by atomic mass is 32.2.